The highest BCUT2D eigenvalue weighted by Gasteiger charge is 2.24. The van der Waals surface area contributed by atoms with Crippen LogP contribution in [0.2, 0.25) is 0 Å². The lowest BCUT2D eigenvalue weighted by molar-refractivity contribution is -0.384. The van der Waals surface area contributed by atoms with Crippen LogP contribution in [0.5, 0.6) is 0 Å². The number of anilines is 2. The number of piperidine rings is 1. The molecule has 0 atom stereocenters. The van der Waals surface area contributed by atoms with Gasteiger partial charge >= 0.3 is 0 Å². The molecular weight excluding hydrogens is 406 g/mol. The van der Waals surface area contributed by atoms with E-state index < -0.39 is 4.92 Å². The highest BCUT2D eigenvalue weighted by Crippen LogP contribution is 2.29. The number of benzene rings is 2. The Morgan fingerprint density at radius 3 is 2.41 bits per heavy atom. The molecule has 2 aromatic carbocycles. The zero-order valence-corrected chi connectivity index (χ0v) is 18.1. The summed E-state index contributed by atoms with van der Waals surface area (Å²) < 4.78 is 0. The standard InChI is InChI=1S/C24H25N5O3/c1-16-14-23(26-17(2)25-16)28-12-10-20(11-13-28)27-21-9-8-19(15-22(21)29(31)32)24(30)18-6-4-3-5-7-18/h3-9,14-15,20,27H,10-13H2,1-2H3. The van der Waals surface area contributed by atoms with Crippen molar-refractivity contribution in [2.75, 3.05) is 23.3 Å². The highest BCUT2D eigenvalue weighted by atomic mass is 16.6. The number of nitro benzene ring substituents is 1. The van der Waals surface area contributed by atoms with E-state index in [1.165, 1.54) is 6.07 Å². The summed E-state index contributed by atoms with van der Waals surface area (Å²) in [7, 11) is 0. The molecule has 0 radical (unpaired) electrons. The van der Waals surface area contributed by atoms with E-state index in [2.05, 4.69) is 20.2 Å². The quantitative estimate of drug-likeness (QED) is 0.352. The third kappa shape index (κ3) is 4.74. The third-order valence-corrected chi connectivity index (χ3v) is 5.62. The van der Waals surface area contributed by atoms with Crippen LogP contribution >= 0.6 is 0 Å². The van der Waals surface area contributed by atoms with Crippen LogP contribution in [0, 0.1) is 24.0 Å². The second-order valence-electron chi connectivity index (χ2n) is 8.00. The predicted octanol–water partition coefficient (Wildman–Crippen LogP) is 4.31. The van der Waals surface area contributed by atoms with Crippen LogP contribution in [-0.2, 0) is 0 Å². The van der Waals surface area contributed by atoms with Gasteiger partial charge in [-0.25, -0.2) is 9.97 Å². The Hall–Kier alpha value is -3.81. The lowest BCUT2D eigenvalue weighted by Crippen LogP contribution is -2.39. The van der Waals surface area contributed by atoms with Gasteiger partial charge in [0, 0.05) is 48.1 Å². The molecule has 32 heavy (non-hydrogen) atoms. The van der Waals surface area contributed by atoms with E-state index in [9.17, 15) is 14.9 Å². The molecule has 1 fully saturated rings. The number of aromatic nitrogens is 2. The summed E-state index contributed by atoms with van der Waals surface area (Å²) in [5, 5.41) is 15.0. The van der Waals surface area contributed by atoms with E-state index >= 15 is 0 Å². The normalized spacial score (nSPS) is 14.2. The first-order valence-electron chi connectivity index (χ1n) is 10.6. The molecule has 0 unspecified atom stereocenters. The summed E-state index contributed by atoms with van der Waals surface area (Å²) in [6.07, 6.45) is 1.65. The van der Waals surface area contributed by atoms with Gasteiger partial charge in [0.05, 0.1) is 4.92 Å². The first kappa shape index (κ1) is 21.4. The van der Waals surface area contributed by atoms with E-state index in [4.69, 9.17) is 0 Å². The summed E-state index contributed by atoms with van der Waals surface area (Å²) in [5.41, 5.74) is 2.10. The molecule has 1 N–H and O–H groups in total. The van der Waals surface area contributed by atoms with Crippen molar-refractivity contribution in [3.63, 3.8) is 0 Å². The van der Waals surface area contributed by atoms with Gasteiger partial charge in [0.1, 0.15) is 17.3 Å². The summed E-state index contributed by atoms with van der Waals surface area (Å²) in [4.78, 5) is 35.0. The molecule has 1 aliphatic heterocycles. The number of ketones is 1. The molecule has 3 aromatic rings. The fourth-order valence-corrected chi connectivity index (χ4v) is 4.03. The van der Waals surface area contributed by atoms with Gasteiger partial charge in [0.25, 0.3) is 5.69 Å². The summed E-state index contributed by atoms with van der Waals surface area (Å²) >= 11 is 0. The minimum Gasteiger partial charge on any atom is -0.377 e. The smallest absolute Gasteiger partial charge is 0.293 e. The maximum atomic E-state index is 12.7. The van der Waals surface area contributed by atoms with Crippen molar-refractivity contribution in [2.45, 2.75) is 32.7 Å². The van der Waals surface area contributed by atoms with Crippen LogP contribution in [0.15, 0.2) is 54.6 Å². The number of rotatable bonds is 6. The number of hydrogen-bond acceptors (Lipinski definition) is 7. The van der Waals surface area contributed by atoms with Gasteiger partial charge in [0.15, 0.2) is 5.78 Å². The number of aryl methyl sites for hydroxylation is 2. The zero-order valence-electron chi connectivity index (χ0n) is 18.1. The summed E-state index contributed by atoms with van der Waals surface area (Å²) in [5.74, 6) is 1.44. The van der Waals surface area contributed by atoms with E-state index in [0.29, 0.717) is 16.8 Å². The van der Waals surface area contributed by atoms with Crippen LogP contribution in [0.1, 0.15) is 40.3 Å². The molecule has 4 rings (SSSR count). The van der Waals surface area contributed by atoms with Gasteiger partial charge in [-0.05, 0) is 38.8 Å². The van der Waals surface area contributed by atoms with Gasteiger partial charge in [-0.3, -0.25) is 14.9 Å². The van der Waals surface area contributed by atoms with Gasteiger partial charge in [-0.1, -0.05) is 30.3 Å². The first-order chi connectivity index (χ1) is 15.4. The Labute approximate surface area is 186 Å². The van der Waals surface area contributed by atoms with E-state index in [1.807, 2.05) is 26.0 Å². The van der Waals surface area contributed by atoms with Gasteiger partial charge in [-0.2, -0.15) is 0 Å². The SMILES string of the molecule is Cc1cc(N2CCC(Nc3ccc(C(=O)c4ccccc4)cc3[N+](=O)[O-])CC2)nc(C)n1. The second kappa shape index (κ2) is 9.13. The van der Waals surface area contributed by atoms with Crippen molar-refractivity contribution in [1.82, 2.24) is 9.97 Å². The zero-order chi connectivity index (χ0) is 22.7. The van der Waals surface area contributed by atoms with Crippen molar-refractivity contribution in [1.29, 1.82) is 0 Å². The van der Waals surface area contributed by atoms with E-state index in [-0.39, 0.29) is 17.5 Å². The van der Waals surface area contributed by atoms with Crippen LogP contribution in [0.3, 0.4) is 0 Å². The number of nitro groups is 1. The largest absolute Gasteiger partial charge is 0.377 e. The molecule has 0 aliphatic carbocycles. The predicted molar refractivity (Wildman–Crippen MR) is 123 cm³/mol. The topological polar surface area (TPSA) is 101 Å². The van der Waals surface area contributed by atoms with Crippen molar-refractivity contribution in [3.8, 4) is 0 Å². The van der Waals surface area contributed by atoms with Gasteiger partial charge < -0.3 is 10.2 Å². The lowest BCUT2D eigenvalue weighted by atomic mass is 10.0. The average molecular weight is 431 g/mol. The Balaban J connectivity index is 1.46. The van der Waals surface area contributed by atoms with Crippen LogP contribution in [-0.4, -0.2) is 39.8 Å². The Morgan fingerprint density at radius 2 is 1.75 bits per heavy atom. The molecule has 0 bridgehead atoms. The summed E-state index contributed by atoms with van der Waals surface area (Å²) in [6, 6.07) is 15.5. The molecular formula is C24H25N5O3. The van der Waals surface area contributed by atoms with E-state index in [0.717, 1.165) is 43.3 Å². The van der Waals surface area contributed by atoms with Crippen molar-refractivity contribution >= 4 is 23.0 Å². The fourth-order valence-electron chi connectivity index (χ4n) is 4.03. The van der Waals surface area contributed by atoms with Crippen LogP contribution in [0.4, 0.5) is 17.2 Å². The number of hydrogen-bond donors (Lipinski definition) is 1. The first-order valence-corrected chi connectivity index (χ1v) is 10.6. The van der Waals surface area contributed by atoms with Crippen molar-refractivity contribution in [2.24, 2.45) is 0 Å². The number of nitrogens with zero attached hydrogens (tertiary/aromatic N) is 4. The van der Waals surface area contributed by atoms with Crippen molar-refractivity contribution < 1.29 is 9.72 Å². The molecule has 1 saturated heterocycles. The average Bonchev–Trinajstić information content (AvgIpc) is 2.79. The molecule has 2 heterocycles. The van der Waals surface area contributed by atoms with Crippen LogP contribution < -0.4 is 10.2 Å². The Bertz CT molecular complexity index is 1120. The third-order valence-electron chi connectivity index (χ3n) is 5.62. The maximum absolute atomic E-state index is 12.7. The van der Waals surface area contributed by atoms with Gasteiger partial charge in [0.2, 0.25) is 0 Å². The Morgan fingerprint density at radius 1 is 1.03 bits per heavy atom. The number of nitrogens with one attached hydrogen (secondary N) is 1. The number of carbonyl (C=O) groups is 1. The fraction of sp³-hybridized carbons (Fsp3) is 0.292. The lowest BCUT2D eigenvalue weighted by Gasteiger charge is -2.33. The highest BCUT2D eigenvalue weighted by molar-refractivity contribution is 6.09. The monoisotopic (exact) mass is 431 g/mol. The minimum absolute atomic E-state index is 0.0868. The van der Waals surface area contributed by atoms with E-state index in [1.54, 1.807) is 36.4 Å². The number of carbonyl (C=O) groups excluding carboxylic acids is 1. The van der Waals surface area contributed by atoms with Gasteiger partial charge in [-0.15, -0.1) is 0 Å². The molecule has 1 aromatic heterocycles. The maximum Gasteiger partial charge on any atom is 0.293 e. The summed E-state index contributed by atoms with van der Waals surface area (Å²) in [6.45, 7) is 5.44. The Kier molecular flexibility index (Phi) is 6.11. The van der Waals surface area contributed by atoms with Crippen LogP contribution in [0.25, 0.3) is 0 Å². The molecule has 0 spiro atoms. The molecule has 8 heteroatoms. The minimum atomic E-state index is -0.439. The molecule has 1 aliphatic rings. The molecule has 164 valence electrons. The second-order valence-corrected chi connectivity index (χ2v) is 8.00. The molecule has 0 amide bonds. The molecule has 0 saturated carbocycles. The van der Waals surface area contributed by atoms with Crippen molar-refractivity contribution in [3.05, 3.63) is 87.4 Å². The molecule has 8 nitrogen and oxygen atoms in total.